The molecule has 1 aliphatic rings. The molecule has 1 amide bonds. The zero-order valence-electron chi connectivity index (χ0n) is 14.4. The topological polar surface area (TPSA) is 23.6 Å². The molecule has 1 aromatic heterocycles. The van der Waals surface area contributed by atoms with Gasteiger partial charge in [-0.15, -0.1) is 11.3 Å². The summed E-state index contributed by atoms with van der Waals surface area (Å²) in [4.78, 5) is 19.1. The molecule has 0 bridgehead atoms. The van der Waals surface area contributed by atoms with Gasteiger partial charge in [0.25, 0.3) is 0 Å². The minimum absolute atomic E-state index is 0.122. The van der Waals surface area contributed by atoms with Crippen molar-refractivity contribution in [3.8, 4) is 0 Å². The molecule has 1 saturated heterocycles. The van der Waals surface area contributed by atoms with Gasteiger partial charge in [-0.1, -0.05) is 29.8 Å². The number of hydrogen-bond acceptors (Lipinski definition) is 3. The second-order valence-corrected chi connectivity index (χ2v) is 7.69. The number of amides is 1. The third-order valence-electron chi connectivity index (χ3n) is 4.32. The number of hydrogen-bond donors (Lipinski definition) is 0. The van der Waals surface area contributed by atoms with Crippen LogP contribution in [-0.2, 0) is 11.3 Å². The maximum absolute atomic E-state index is 12.3. The Morgan fingerprint density at radius 2 is 1.92 bits per heavy atom. The van der Waals surface area contributed by atoms with Gasteiger partial charge in [-0.2, -0.15) is 0 Å². The van der Waals surface area contributed by atoms with E-state index in [2.05, 4.69) is 55.1 Å². The van der Waals surface area contributed by atoms with E-state index in [9.17, 15) is 4.79 Å². The quantitative estimate of drug-likeness (QED) is 0.792. The van der Waals surface area contributed by atoms with Gasteiger partial charge in [0.2, 0.25) is 5.91 Å². The summed E-state index contributed by atoms with van der Waals surface area (Å²) < 4.78 is 0. The summed E-state index contributed by atoms with van der Waals surface area (Å²) in [5, 5.41) is 0. The van der Waals surface area contributed by atoms with Gasteiger partial charge in [0.15, 0.2) is 0 Å². The summed E-state index contributed by atoms with van der Waals surface area (Å²) in [6.07, 6.45) is 3.64. The Bertz CT molecular complexity index is 727. The fourth-order valence-corrected chi connectivity index (χ4v) is 3.78. The smallest absolute Gasteiger partial charge is 0.246 e. The largest absolute Gasteiger partial charge is 0.337 e. The third-order valence-corrected chi connectivity index (χ3v) is 5.29. The van der Waals surface area contributed by atoms with Crippen molar-refractivity contribution in [3.05, 3.63) is 63.4 Å². The lowest BCUT2D eigenvalue weighted by Crippen LogP contribution is -2.47. The van der Waals surface area contributed by atoms with Crippen LogP contribution >= 0.6 is 11.3 Å². The first-order valence-corrected chi connectivity index (χ1v) is 9.23. The maximum Gasteiger partial charge on any atom is 0.246 e. The predicted octanol–water partition coefficient (Wildman–Crippen LogP) is 3.72. The van der Waals surface area contributed by atoms with E-state index in [0.29, 0.717) is 0 Å². The highest BCUT2D eigenvalue weighted by molar-refractivity contribution is 7.12. The molecule has 0 radical (unpaired) electrons. The Morgan fingerprint density at radius 3 is 2.58 bits per heavy atom. The van der Waals surface area contributed by atoms with Gasteiger partial charge in [-0.05, 0) is 37.6 Å². The van der Waals surface area contributed by atoms with E-state index in [1.165, 1.54) is 16.0 Å². The highest BCUT2D eigenvalue weighted by atomic mass is 32.1. The van der Waals surface area contributed by atoms with Crippen LogP contribution < -0.4 is 0 Å². The van der Waals surface area contributed by atoms with Crippen LogP contribution in [0.15, 0.2) is 42.5 Å². The van der Waals surface area contributed by atoms with Crippen molar-refractivity contribution in [2.45, 2.75) is 20.4 Å². The van der Waals surface area contributed by atoms with Gasteiger partial charge in [0.05, 0.1) is 0 Å². The van der Waals surface area contributed by atoms with Crippen LogP contribution in [0.4, 0.5) is 0 Å². The van der Waals surface area contributed by atoms with E-state index in [4.69, 9.17) is 0 Å². The van der Waals surface area contributed by atoms with Crippen molar-refractivity contribution in [2.75, 3.05) is 26.2 Å². The monoisotopic (exact) mass is 340 g/mol. The van der Waals surface area contributed by atoms with E-state index in [0.717, 1.165) is 37.6 Å². The zero-order valence-corrected chi connectivity index (χ0v) is 15.2. The summed E-state index contributed by atoms with van der Waals surface area (Å²) in [7, 11) is 0. The van der Waals surface area contributed by atoms with Crippen LogP contribution in [0.1, 0.15) is 20.9 Å². The summed E-state index contributed by atoms with van der Waals surface area (Å²) in [6, 6.07) is 12.8. The lowest BCUT2D eigenvalue weighted by molar-refractivity contribution is -0.127. The summed E-state index contributed by atoms with van der Waals surface area (Å²) in [6.45, 7) is 8.65. The second kappa shape index (κ2) is 7.77. The van der Waals surface area contributed by atoms with Crippen LogP contribution in [0.25, 0.3) is 6.08 Å². The molecule has 0 aliphatic carbocycles. The third kappa shape index (κ3) is 4.56. The van der Waals surface area contributed by atoms with Gasteiger partial charge < -0.3 is 4.90 Å². The zero-order chi connectivity index (χ0) is 16.9. The van der Waals surface area contributed by atoms with Gasteiger partial charge in [-0.3, -0.25) is 9.69 Å². The van der Waals surface area contributed by atoms with Crippen molar-refractivity contribution in [1.82, 2.24) is 9.80 Å². The molecule has 0 atom stereocenters. The first kappa shape index (κ1) is 16.9. The van der Waals surface area contributed by atoms with E-state index in [1.54, 1.807) is 17.4 Å². The molecule has 1 aliphatic heterocycles. The lowest BCUT2D eigenvalue weighted by Gasteiger charge is -2.34. The molecule has 2 heterocycles. The molecule has 3 nitrogen and oxygen atoms in total. The Hall–Kier alpha value is -1.91. The number of nitrogens with zero attached hydrogens (tertiary/aromatic N) is 2. The molecule has 2 aromatic rings. The maximum atomic E-state index is 12.3. The number of piperazine rings is 1. The molecule has 4 heteroatoms. The van der Waals surface area contributed by atoms with Crippen LogP contribution in [0.2, 0.25) is 0 Å². The average Bonchev–Trinajstić information content (AvgIpc) is 2.99. The molecule has 0 unspecified atom stereocenters. The van der Waals surface area contributed by atoms with Gasteiger partial charge in [0.1, 0.15) is 0 Å². The second-order valence-electron chi connectivity index (χ2n) is 6.37. The molecule has 0 saturated carbocycles. The minimum atomic E-state index is 0.122. The molecule has 3 rings (SSSR count). The SMILES string of the molecule is Cc1cccc(CN2CCN(C(=O)/C=C/c3ccc(C)s3)CC2)c1. The fourth-order valence-electron chi connectivity index (χ4n) is 3.00. The van der Waals surface area contributed by atoms with Gasteiger partial charge in [0, 0.05) is 48.6 Å². The molecular formula is C20H24N2OS. The summed E-state index contributed by atoms with van der Waals surface area (Å²) >= 11 is 1.71. The van der Waals surface area contributed by atoms with Crippen LogP contribution in [0.5, 0.6) is 0 Å². The molecule has 1 fully saturated rings. The Kier molecular flexibility index (Phi) is 5.48. The number of aryl methyl sites for hydroxylation is 2. The highest BCUT2D eigenvalue weighted by Crippen LogP contribution is 2.17. The van der Waals surface area contributed by atoms with Crippen LogP contribution in [0, 0.1) is 13.8 Å². The van der Waals surface area contributed by atoms with Crippen LogP contribution in [0.3, 0.4) is 0 Å². The van der Waals surface area contributed by atoms with E-state index < -0.39 is 0 Å². The van der Waals surface area contributed by atoms with E-state index in [1.807, 2.05) is 11.0 Å². The predicted molar refractivity (Wildman–Crippen MR) is 101 cm³/mol. The number of rotatable bonds is 4. The van der Waals surface area contributed by atoms with E-state index >= 15 is 0 Å². The van der Waals surface area contributed by atoms with Gasteiger partial charge >= 0.3 is 0 Å². The summed E-state index contributed by atoms with van der Waals surface area (Å²) in [5.74, 6) is 0.122. The average molecular weight is 340 g/mol. The first-order chi connectivity index (χ1) is 11.6. The number of benzene rings is 1. The number of carbonyl (C=O) groups is 1. The normalized spacial score (nSPS) is 16.0. The fraction of sp³-hybridized carbons (Fsp3) is 0.350. The summed E-state index contributed by atoms with van der Waals surface area (Å²) in [5.41, 5.74) is 2.65. The lowest BCUT2D eigenvalue weighted by atomic mass is 10.1. The standard InChI is InChI=1S/C20H24N2OS/c1-16-4-3-5-18(14-16)15-21-10-12-22(13-11-21)20(23)9-8-19-7-6-17(2)24-19/h3-9,14H,10-13,15H2,1-2H3/b9-8+. The molecule has 1 aromatic carbocycles. The Morgan fingerprint density at radius 1 is 1.12 bits per heavy atom. The molecule has 126 valence electrons. The number of carbonyl (C=O) groups excluding carboxylic acids is 1. The molecule has 24 heavy (non-hydrogen) atoms. The molecule has 0 N–H and O–H groups in total. The Labute approximate surface area is 148 Å². The van der Waals surface area contributed by atoms with Crippen molar-refractivity contribution in [1.29, 1.82) is 0 Å². The van der Waals surface area contributed by atoms with Crippen molar-refractivity contribution in [3.63, 3.8) is 0 Å². The van der Waals surface area contributed by atoms with Crippen molar-refractivity contribution < 1.29 is 4.79 Å². The minimum Gasteiger partial charge on any atom is -0.337 e. The highest BCUT2D eigenvalue weighted by Gasteiger charge is 2.19. The Balaban J connectivity index is 1.49. The van der Waals surface area contributed by atoms with E-state index in [-0.39, 0.29) is 5.91 Å². The van der Waals surface area contributed by atoms with Crippen LogP contribution in [-0.4, -0.2) is 41.9 Å². The number of thiophene rings is 1. The van der Waals surface area contributed by atoms with Gasteiger partial charge in [-0.25, -0.2) is 0 Å². The van der Waals surface area contributed by atoms with Crippen molar-refractivity contribution in [2.24, 2.45) is 0 Å². The molecule has 0 spiro atoms. The first-order valence-electron chi connectivity index (χ1n) is 8.41. The van der Waals surface area contributed by atoms with Crippen molar-refractivity contribution >= 4 is 23.3 Å². The molecular weight excluding hydrogens is 316 g/mol.